The molecule has 2 heteroatoms. The molecule has 1 aliphatic rings. The minimum absolute atomic E-state index is 0.669. The summed E-state index contributed by atoms with van der Waals surface area (Å²) in [5, 5.41) is 0. The lowest BCUT2D eigenvalue weighted by Gasteiger charge is -2.18. The first kappa shape index (κ1) is 11.6. The van der Waals surface area contributed by atoms with Crippen molar-refractivity contribution in [2.45, 2.75) is 31.7 Å². The molecule has 88 valence electrons. The summed E-state index contributed by atoms with van der Waals surface area (Å²) in [6.45, 7) is 3.12. The van der Waals surface area contributed by atoms with Crippen LogP contribution in [0.3, 0.4) is 0 Å². The molecule has 0 spiro atoms. The van der Waals surface area contributed by atoms with Gasteiger partial charge in [-0.2, -0.15) is 0 Å². The van der Waals surface area contributed by atoms with Crippen LogP contribution in [0.2, 0.25) is 0 Å². The highest BCUT2D eigenvalue weighted by Crippen LogP contribution is 2.29. The summed E-state index contributed by atoms with van der Waals surface area (Å²) < 4.78 is 0. The van der Waals surface area contributed by atoms with Crippen LogP contribution in [-0.2, 0) is 6.54 Å². The van der Waals surface area contributed by atoms with E-state index < -0.39 is 0 Å². The van der Waals surface area contributed by atoms with Gasteiger partial charge >= 0.3 is 0 Å². The molecule has 2 nitrogen and oxygen atoms in total. The largest absolute Gasteiger partial charge is 0.326 e. The average molecular weight is 218 g/mol. The second-order valence-corrected chi connectivity index (χ2v) is 4.83. The van der Waals surface area contributed by atoms with Crippen LogP contribution in [0.1, 0.15) is 36.3 Å². The second kappa shape index (κ2) is 5.46. The molecule has 0 aromatic heterocycles. The quantitative estimate of drug-likeness (QED) is 0.825. The Balaban J connectivity index is 2.16. The van der Waals surface area contributed by atoms with Gasteiger partial charge in [-0.05, 0) is 56.4 Å². The molecule has 1 saturated heterocycles. The molecule has 1 aromatic rings. The van der Waals surface area contributed by atoms with Crippen LogP contribution < -0.4 is 5.73 Å². The molecule has 1 aliphatic heterocycles. The summed E-state index contributed by atoms with van der Waals surface area (Å²) in [6.07, 6.45) is 3.88. The maximum atomic E-state index is 5.81. The first-order valence-electron chi connectivity index (χ1n) is 6.27. The lowest BCUT2D eigenvalue weighted by Crippen LogP contribution is -2.18. The van der Waals surface area contributed by atoms with Crippen LogP contribution in [0, 0.1) is 0 Å². The Morgan fingerprint density at radius 3 is 2.88 bits per heavy atom. The highest BCUT2D eigenvalue weighted by Gasteiger charge is 2.18. The summed E-state index contributed by atoms with van der Waals surface area (Å²) in [7, 11) is 2.22. The third-order valence-electron chi connectivity index (χ3n) is 3.67. The molecule has 2 rings (SSSR count). The van der Waals surface area contributed by atoms with Gasteiger partial charge in [-0.3, -0.25) is 0 Å². The average Bonchev–Trinajstić information content (AvgIpc) is 2.54. The predicted octanol–water partition coefficient (Wildman–Crippen LogP) is 2.34. The zero-order valence-corrected chi connectivity index (χ0v) is 10.2. The minimum atomic E-state index is 0.669. The standard InChI is InChI=1S/C14H22N2/c1-16-9-4-6-12(8-10-16)14-7-3-2-5-13(14)11-15/h2-3,5,7,12H,4,6,8-11,15H2,1H3. The maximum absolute atomic E-state index is 5.81. The van der Waals surface area contributed by atoms with E-state index in [1.165, 1.54) is 43.5 Å². The fourth-order valence-electron chi connectivity index (χ4n) is 2.67. The van der Waals surface area contributed by atoms with Crippen molar-refractivity contribution in [3.63, 3.8) is 0 Å². The Labute approximate surface area is 98.4 Å². The molecule has 1 unspecified atom stereocenters. The van der Waals surface area contributed by atoms with Gasteiger partial charge in [0.2, 0.25) is 0 Å². The van der Waals surface area contributed by atoms with Gasteiger partial charge < -0.3 is 10.6 Å². The van der Waals surface area contributed by atoms with Crippen LogP contribution >= 0.6 is 0 Å². The summed E-state index contributed by atoms with van der Waals surface area (Å²) in [4.78, 5) is 2.44. The van der Waals surface area contributed by atoms with Crippen molar-refractivity contribution in [3.8, 4) is 0 Å². The van der Waals surface area contributed by atoms with E-state index in [-0.39, 0.29) is 0 Å². The molecule has 16 heavy (non-hydrogen) atoms. The van der Waals surface area contributed by atoms with Crippen molar-refractivity contribution in [2.24, 2.45) is 5.73 Å². The molecule has 1 heterocycles. The molecule has 0 radical (unpaired) electrons. The van der Waals surface area contributed by atoms with Crippen LogP contribution in [0.25, 0.3) is 0 Å². The number of likely N-dealkylation sites (tertiary alicyclic amines) is 1. The van der Waals surface area contributed by atoms with E-state index in [1.54, 1.807) is 0 Å². The van der Waals surface area contributed by atoms with E-state index in [1.807, 2.05) is 0 Å². The number of hydrogen-bond donors (Lipinski definition) is 1. The number of hydrogen-bond acceptors (Lipinski definition) is 2. The highest BCUT2D eigenvalue weighted by molar-refractivity contribution is 5.30. The van der Waals surface area contributed by atoms with Gasteiger partial charge in [0.25, 0.3) is 0 Å². The molecule has 0 saturated carbocycles. The first-order valence-corrected chi connectivity index (χ1v) is 6.27. The summed E-state index contributed by atoms with van der Waals surface area (Å²) in [5.41, 5.74) is 8.63. The van der Waals surface area contributed by atoms with Crippen LogP contribution in [0.15, 0.2) is 24.3 Å². The fourth-order valence-corrected chi connectivity index (χ4v) is 2.67. The molecule has 0 bridgehead atoms. The van der Waals surface area contributed by atoms with Gasteiger partial charge in [0.15, 0.2) is 0 Å². The van der Waals surface area contributed by atoms with Gasteiger partial charge in [0.1, 0.15) is 0 Å². The van der Waals surface area contributed by atoms with Gasteiger partial charge in [-0.1, -0.05) is 24.3 Å². The Morgan fingerprint density at radius 1 is 1.25 bits per heavy atom. The van der Waals surface area contributed by atoms with Crippen molar-refractivity contribution in [1.29, 1.82) is 0 Å². The van der Waals surface area contributed by atoms with Crippen molar-refractivity contribution in [2.75, 3.05) is 20.1 Å². The Bertz CT molecular complexity index is 335. The van der Waals surface area contributed by atoms with E-state index >= 15 is 0 Å². The highest BCUT2D eigenvalue weighted by atomic mass is 15.1. The topological polar surface area (TPSA) is 29.3 Å². The van der Waals surface area contributed by atoms with E-state index in [9.17, 15) is 0 Å². The number of rotatable bonds is 2. The molecule has 1 aromatic carbocycles. The van der Waals surface area contributed by atoms with Crippen molar-refractivity contribution < 1.29 is 0 Å². The van der Waals surface area contributed by atoms with Crippen LogP contribution in [-0.4, -0.2) is 25.0 Å². The van der Waals surface area contributed by atoms with E-state index in [2.05, 4.69) is 36.2 Å². The van der Waals surface area contributed by atoms with Gasteiger partial charge in [-0.15, -0.1) is 0 Å². The van der Waals surface area contributed by atoms with Crippen LogP contribution in [0.4, 0.5) is 0 Å². The third-order valence-corrected chi connectivity index (χ3v) is 3.67. The second-order valence-electron chi connectivity index (χ2n) is 4.83. The lowest BCUT2D eigenvalue weighted by atomic mass is 9.88. The summed E-state index contributed by atoms with van der Waals surface area (Å²) >= 11 is 0. The number of nitrogens with two attached hydrogens (primary N) is 1. The molecule has 1 fully saturated rings. The normalized spacial score (nSPS) is 23.0. The van der Waals surface area contributed by atoms with Gasteiger partial charge in [0.05, 0.1) is 0 Å². The molecular formula is C14H22N2. The lowest BCUT2D eigenvalue weighted by molar-refractivity contribution is 0.347. The van der Waals surface area contributed by atoms with Crippen LogP contribution in [0.5, 0.6) is 0 Å². The zero-order valence-electron chi connectivity index (χ0n) is 10.2. The monoisotopic (exact) mass is 218 g/mol. The molecule has 2 N–H and O–H groups in total. The fraction of sp³-hybridized carbons (Fsp3) is 0.571. The molecular weight excluding hydrogens is 196 g/mol. The maximum Gasteiger partial charge on any atom is 0.0180 e. The van der Waals surface area contributed by atoms with Crippen molar-refractivity contribution in [1.82, 2.24) is 4.90 Å². The van der Waals surface area contributed by atoms with E-state index in [4.69, 9.17) is 5.73 Å². The SMILES string of the molecule is CN1CCCC(c2ccccc2CN)CC1. The molecule has 0 aliphatic carbocycles. The predicted molar refractivity (Wildman–Crippen MR) is 68.4 cm³/mol. The van der Waals surface area contributed by atoms with E-state index in [0.29, 0.717) is 12.5 Å². The van der Waals surface area contributed by atoms with Gasteiger partial charge in [-0.25, -0.2) is 0 Å². The van der Waals surface area contributed by atoms with E-state index in [0.717, 1.165) is 0 Å². The molecule has 0 amide bonds. The Hall–Kier alpha value is -0.860. The van der Waals surface area contributed by atoms with Crippen molar-refractivity contribution in [3.05, 3.63) is 35.4 Å². The molecule has 1 atom stereocenters. The first-order chi connectivity index (χ1) is 7.81. The number of benzene rings is 1. The smallest absolute Gasteiger partial charge is 0.0180 e. The summed E-state index contributed by atoms with van der Waals surface area (Å²) in [6, 6.07) is 8.67. The van der Waals surface area contributed by atoms with Gasteiger partial charge in [0, 0.05) is 6.54 Å². The third kappa shape index (κ3) is 2.63. The Morgan fingerprint density at radius 2 is 2.06 bits per heavy atom. The zero-order chi connectivity index (χ0) is 11.4. The van der Waals surface area contributed by atoms with Crippen molar-refractivity contribution >= 4 is 0 Å². The Kier molecular flexibility index (Phi) is 3.97. The number of nitrogens with zero attached hydrogens (tertiary/aromatic N) is 1. The summed E-state index contributed by atoms with van der Waals surface area (Å²) in [5.74, 6) is 0.713. The minimum Gasteiger partial charge on any atom is -0.326 e.